The highest BCUT2D eigenvalue weighted by Crippen LogP contribution is 2.22. The monoisotopic (exact) mass is 225 g/mol. The molecule has 84 valence electrons. The minimum atomic E-state index is 0.618. The fourth-order valence-electron chi connectivity index (χ4n) is 2.27. The number of ether oxygens (including phenoxy) is 1. The molecule has 2 rings (SSSR count). The third kappa shape index (κ3) is 3.03. The van der Waals surface area contributed by atoms with Crippen molar-refractivity contribution in [2.45, 2.75) is 25.3 Å². The number of likely N-dealkylation sites (N-methyl/N-ethyl adjacent to an activating group) is 1. The minimum absolute atomic E-state index is 0.618. The second kappa shape index (κ2) is 5.64. The summed E-state index contributed by atoms with van der Waals surface area (Å²) in [6, 6.07) is 4.98. The van der Waals surface area contributed by atoms with Crippen molar-refractivity contribution in [3.05, 3.63) is 22.4 Å². The molecule has 0 saturated carbocycles. The Morgan fingerprint density at radius 3 is 2.93 bits per heavy atom. The minimum Gasteiger partial charge on any atom is -0.381 e. The van der Waals surface area contributed by atoms with E-state index >= 15 is 0 Å². The van der Waals surface area contributed by atoms with Crippen LogP contribution in [0.3, 0.4) is 0 Å². The van der Waals surface area contributed by atoms with E-state index in [1.165, 1.54) is 24.1 Å². The maximum absolute atomic E-state index is 5.40. The van der Waals surface area contributed by atoms with E-state index in [1.54, 1.807) is 0 Å². The summed E-state index contributed by atoms with van der Waals surface area (Å²) in [7, 11) is 2.08. The predicted octanol–water partition coefficient (Wildman–Crippen LogP) is 2.31. The summed E-state index contributed by atoms with van der Waals surface area (Å²) < 4.78 is 5.40. The van der Waals surface area contributed by atoms with Gasteiger partial charge in [-0.2, -0.15) is 0 Å². The first-order chi connectivity index (χ1) is 7.40. The molecule has 0 radical (unpaired) electrons. The average Bonchev–Trinajstić information content (AvgIpc) is 2.80. The lowest BCUT2D eigenvalue weighted by molar-refractivity contribution is 0.0548. The Morgan fingerprint density at radius 2 is 2.33 bits per heavy atom. The van der Waals surface area contributed by atoms with E-state index in [-0.39, 0.29) is 0 Å². The van der Waals surface area contributed by atoms with Crippen LogP contribution in [0.15, 0.2) is 17.5 Å². The summed E-state index contributed by atoms with van der Waals surface area (Å²) >= 11 is 1.86. The number of thiophene rings is 1. The molecule has 0 bridgehead atoms. The Kier molecular flexibility index (Phi) is 4.18. The first-order valence-corrected chi connectivity index (χ1v) is 6.55. The van der Waals surface area contributed by atoms with Gasteiger partial charge in [0.1, 0.15) is 0 Å². The van der Waals surface area contributed by atoms with Gasteiger partial charge in [-0.15, -0.1) is 11.3 Å². The summed E-state index contributed by atoms with van der Waals surface area (Å²) in [6.45, 7) is 1.88. The SMILES string of the molecule is CNC(Cc1cccs1)C1CCOCC1. The van der Waals surface area contributed by atoms with E-state index in [0.717, 1.165) is 19.1 Å². The van der Waals surface area contributed by atoms with Gasteiger partial charge in [0.25, 0.3) is 0 Å². The van der Waals surface area contributed by atoms with Gasteiger partial charge >= 0.3 is 0 Å². The molecule has 1 aliphatic rings. The molecule has 2 heterocycles. The summed E-state index contributed by atoms with van der Waals surface area (Å²) in [6.07, 6.45) is 3.58. The highest BCUT2D eigenvalue weighted by atomic mass is 32.1. The van der Waals surface area contributed by atoms with Crippen LogP contribution in [-0.2, 0) is 11.2 Å². The van der Waals surface area contributed by atoms with E-state index in [0.29, 0.717) is 6.04 Å². The molecule has 0 spiro atoms. The van der Waals surface area contributed by atoms with Crippen LogP contribution >= 0.6 is 11.3 Å². The fraction of sp³-hybridized carbons (Fsp3) is 0.667. The number of hydrogen-bond acceptors (Lipinski definition) is 3. The smallest absolute Gasteiger partial charge is 0.0469 e. The second-order valence-corrected chi connectivity index (χ2v) is 5.16. The van der Waals surface area contributed by atoms with E-state index < -0.39 is 0 Å². The molecule has 1 unspecified atom stereocenters. The molecule has 1 aliphatic heterocycles. The van der Waals surface area contributed by atoms with Gasteiger partial charge in [0, 0.05) is 24.1 Å². The lowest BCUT2D eigenvalue weighted by atomic mass is 9.89. The molecule has 0 aliphatic carbocycles. The summed E-state index contributed by atoms with van der Waals surface area (Å²) in [5.74, 6) is 0.783. The fourth-order valence-corrected chi connectivity index (χ4v) is 3.03. The van der Waals surface area contributed by atoms with Crippen LogP contribution in [0.5, 0.6) is 0 Å². The van der Waals surface area contributed by atoms with Crippen molar-refractivity contribution in [3.63, 3.8) is 0 Å². The van der Waals surface area contributed by atoms with Gasteiger partial charge in [-0.25, -0.2) is 0 Å². The summed E-state index contributed by atoms with van der Waals surface area (Å²) in [5, 5.41) is 5.62. The molecular weight excluding hydrogens is 206 g/mol. The van der Waals surface area contributed by atoms with Crippen LogP contribution in [0.1, 0.15) is 17.7 Å². The van der Waals surface area contributed by atoms with Crippen molar-refractivity contribution in [3.8, 4) is 0 Å². The zero-order valence-electron chi connectivity index (χ0n) is 9.24. The summed E-state index contributed by atoms with van der Waals surface area (Å²) in [5.41, 5.74) is 0. The Bertz CT molecular complexity index is 267. The predicted molar refractivity (Wildman–Crippen MR) is 64.4 cm³/mol. The zero-order chi connectivity index (χ0) is 10.5. The average molecular weight is 225 g/mol. The van der Waals surface area contributed by atoms with Crippen LogP contribution in [-0.4, -0.2) is 26.3 Å². The van der Waals surface area contributed by atoms with Gasteiger partial charge in [0.05, 0.1) is 0 Å². The Morgan fingerprint density at radius 1 is 1.53 bits per heavy atom. The molecule has 15 heavy (non-hydrogen) atoms. The van der Waals surface area contributed by atoms with Crippen molar-refractivity contribution in [1.82, 2.24) is 5.32 Å². The molecule has 3 heteroatoms. The molecule has 1 N–H and O–H groups in total. The lowest BCUT2D eigenvalue weighted by Crippen LogP contribution is -2.38. The molecular formula is C12H19NOS. The van der Waals surface area contributed by atoms with Crippen molar-refractivity contribution in [2.75, 3.05) is 20.3 Å². The molecule has 0 aromatic carbocycles. The maximum atomic E-state index is 5.40. The van der Waals surface area contributed by atoms with E-state index in [9.17, 15) is 0 Å². The normalized spacial score (nSPS) is 20.3. The van der Waals surface area contributed by atoms with E-state index in [2.05, 4.69) is 29.9 Å². The standard InChI is InChI=1S/C12H19NOS/c1-13-12(9-11-3-2-8-15-11)10-4-6-14-7-5-10/h2-3,8,10,12-13H,4-7,9H2,1H3. The Hall–Kier alpha value is -0.380. The molecule has 1 aromatic heterocycles. The van der Waals surface area contributed by atoms with Crippen molar-refractivity contribution < 1.29 is 4.74 Å². The van der Waals surface area contributed by atoms with Crippen LogP contribution in [0, 0.1) is 5.92 Å². The van der Waals surface area contributed by atoms with Gasteiger partial charge in [0.2, 0.25) is 0 Å². The third-order valence-electron chi connectivity index (χ3n) is 3.21. The number of rotatable bonds is 4. The van der Waals surface area contributed by atoms with Crippen molar-refractivity contribution in [1.29, 1.82) is 0 Å². The number of hydrogen-bond donors (Lipinski definition) is 1. The van der Waals surface area contributed by atoms with Crippen molar-refractivity contribution >= 4 is 11.3 Å². The van der Waals surface area contributed by atoms with Crippen LogP contribution < -0.4 is 5.32 Å². The largest absolute Gasteiger partial charge is 0.381 e. The first kappa shape index (κ1) is 11.1. The lowest BCUT2D eigenvalue weighted by Gasteiger charge is -2.29. The van der Waals surface area contributed by atoms with Crippen LogP contribution in [0.25, 0.3) is 0 Å². The van der Waals surface area contributed by atoms with Crippen molar-refractivity contribution in [2.24, 2.45) is 5.92 Å². The maximum Gasteiger partial charge on any atom is 0.0469 e. The quantitative estimate of drug-likeness (QED) is 0.849. The highest BCUT2D eigenvalue weighted by molar-refractivity contribution is 7.09. The van der Waals surface area contributed by atoms with E-state index in [1.807, 2.05) is 11.3 Å². The zero-order valence-corrected chi connectivity index (χ0v) is 10.1. The van der Waals surface area contributed by atoms with Gasteiger partial charge in [0.15, 0.2) is 0 Å². The Balaban J connectivity index is 1.91. The van der Waals surface area contributed by atoms with Gasteiger partial charge in [-0.3, -0.25) is 0 Å². The first-order valence-electron chi connectivity index (χ1n) is 5.67. The topological polar surface area (TPSA) is 21.3 Å². The summed E-state index contributed by atoms with van der Waals surface area (Å²) in [4.78, 5) is 1.49. The van der Waals surface area contributed by atoms with Gasteiger partial charge < -0.3 is 10.1 Å². The third-order valence-corrected chi connectivity index (χ3v) is 4.11. The molecule has 1 saturated heterocycles. The molecule has 1 atom stereocenters. The molecule has 2 nitrogen and oxygen atoms in total. The highest BCUT2D eigenvalue weighted by Gasteiger charge is 2.22. The van der Waals surface area contributed by atoms with Crippen LogP contribution in [0.4, 0.5) is 0 Å². The Labute approximate surface area is 95.6 Å². The van der Waals surface area contributed by atoms with E-state index in [4.69, 9.17) is 4.74 Å². The molecule has 1 aromatic rings. The van der Waals surface area contributed by atoms with Gasteiger partial charge in [-0.05, 0) is 43.7 Å². The number of nitrogens with one attached hydrogen (secondary N) is 1. The molecule has 0 amide bonds. The second-order valence-electron chi connectivity index (χ2n) is 4.13. The van der Waals surface area contributed by atoms with Crippen LogP contribution in [0.2, 0.25) is 0 Å². The molecule has 1 fully saturated rings. The van der Waals surface area contributed by atoms with Gasteiger partial charge in [-0.1, -0.05) is 6.07 Å².